The summed E-state index contributed by atoms with van der Waals surface area (Å²) in [4.78, 5) is 28.8. The number of aromatic nitrogens is 2. The van der Waals surface area contributed by atoms with Gasteiger partial charge in [-0.05, 0) is 31.2 Å². The lowest BCUT2D eigenvalue weighted by molar-refractivity contribution is 0.0378. The van der Waals surface area contributed by atoms with E-state index in [1.54, 1.807) is 6.07 Å². The maximum absolute atomic E-state index is 12.0. The van der Waals surface area contributed by atoms with Crippen LogP contribution in [0.5, 0.6) is 0 Å². The first-order valence-electron chi connectivity index (χ1n) is 7.92. The summed E-state index contributed by atoms with van der Waals surface area (Å²) in [5.74, 6) is 0. The number of nitrogens with one attached hydrogen (secondary N) is 2. The molecular weight excluding hydrogens is 296 g/mol. The average molecular weight is 318 g/mol. The largest absolute Gasteiger partial charge is 0.385 e. The summed E-state index contributed by atoms with van der Waals surface area (Å²) in [7, 11) is 1.47. The molecule has 0 aliphatic carbocycles. The van der Waals surface area contributed by atoms with Gasteiger partial charge >= 0.3 is 5.69 Å². The highest BCUT2D eigenvalue weighted by atomic mass is 16.5. The molecule has 0 unspecified atom stereocenters. The Balaban J connectivity index is 1.61. The fourth-order valence-corrected chi connectivity index (χ4v) is 2.78. The zero-order valence-electron chi connectivity index (χ0n) is 13.3. The van der Waals surface area contributed by atoms with Crippen LogP contribution in [0, 0.1) is 0 Å². The van der Waals surface area contributed by atoms with Gasteiger partial charge in [0.1, 0.15) is 0 Å². The predicted octanol–water partition coefficient (Wildman–Crippen LogP) is 0.361. The summed E-state index contributed by atoms with van der Waals surface area (Å²) >= 11 is 0. The number of hydrogen-bond acceptors (Lipinski definition) is 5. The molecule has 3 rings (SSSR count). The van der Waals surface area contributed by atoms with Crippen LogP contribution >= 0.6 is 0 Å². The molecule has 0 radical (unpaired) electrons. The molecular formula is C16H22N4O3. The van der Waals surface area contributed by atoms with E-state index in [-0.39, 0.29) is 5.56 Å². The molecule has 0 atom stereocenters. The number of nitrogens with zero attached hydrogens (tertiary/aromatic N) is 2. The third kappa shape index (κ3) is 3.62. The van der Waals surface area contributed by atoms with E-state index >= 15 is 0 Å². The fraction of sp³-hybridized carbons (Fsp3) is 0.500. The van der Waals surface area contributed by atoms with Crippen LogP contribution in [-0.4, -0.2) is 53.8 Å². The first-order chi connectivity index (χ1) is 11.1. The van der Waals surface area contributed by atoms with Crippen molar-refractivity contribution in [1.29, 1.82) is 0 Å². The molecule has 2 heterocycles. The molecule has 1 aliphatic rings. The Bertz CT molecular complexity index is 790. The fourth-order valence-electron chi connectivity index (χ4n) is 2.78. The van der Waals surface area contributed by atoms with Gasteiger partial charge < -0.3 is 15.0 Å². The van der Waals surface area contributed by atoms with E-state index in [1.165, 1.54) is 7.05 Å². The van der Waals surface area contributed by atoms with Crippen molar-refractivity contribution in [3.05, 3.63) is 39.0 Å². The van der Waals surface area contributed by atoms with Crippen LogP contribution in [0.2, 0.25) is 0 Å². The van der Waals surface area contributed by atoms with Gasteiger partial charge in [-0.2, -0.15) is 0 Å². The highest BCUT2D eigenvalue weighted by molar-refractivity contribution is 5.81. The van der Waals surface area contributed by atoms with E-state index in [2.05, 4.69) is 15.2 Å². The van der Waals surface area contributed by atoms with Gasteiger partial charge in [-0.1, -0.05) is 0 Å². The maximum atomic E-state index is 12.0. The smallest absolute Gasteiger partial charge is 0.328 e. The van der Waals surface area contributed by atoms with Gasteiger partial charge in [-0.25, -0.2) is 4.79 Å². The zero-order chi connectivity index (χ0) is 16.2. The van der Waals surface area contributed by atoms with Gasteiger partial charge in [0.05, 0.1) is 24.1 Å². The summed E-state index contributed by atoms with van der Waals surface area (Å²) < 4.78 is 6.41. The number of aromatic amines is 1. The van der Waals surface area contributed by atoms with Crippen molar-refractivity contribution < 1.29 is 4.74 Å². The molecule has 1 saturated heterocycles. The second-order valence-electron chi connectivity index (χ2n) is 5.79. The lowest BCUT2D eigenvalue weighted by atomic mass is 10.2. The predicted molar refractivity (Wildman–Crippen MR) is 90.2 cm³/mol. The van der Waals surface area contributed by atoms with Crippen molar-refractivity contribution in [2.24, 2.45) is 7.05 Å². The van der Waals surface area contributed by atoms with Crippen molar-refractivity contribution in [2.75, 3.05) is 44.7 Å². The van der Waals surface area contributed by atoms with Crippen molar-refractivity contribution in [1.82, 2.24) is 14.5 Å². The van der Waals surface area contributed by atoms with Gasteiger partial charge in [0.2, 0.25) is 0 Å². The van der Waals surface area contributed by atoms with Crippen molar-refractivity contribution >= 4 is 16.6 Å². The summed E-state index contributed by atoms with van der Waals surface area (Å²) in [5, 5.41) is 3.86. The van der Waals surface area contributed by atoms with E-state index in [0.717, 1.165) is 56.1 Å². The molecule has 0 amide bonds. The molecule has 7 nitrogen and oxygen atoms in total. The second kappa shape index (κ2) is 6.97. The molecule has 1 fully saturated rings. The lowest BCUT2D eigenvalue weighted by Crippen LogP contribution is -2.37. The summed E-state index contributed by atoms with van der Waals surface area (Å²) in [6.07, 6.45) is 1.03. The Morgan fingerprint density at radius 3 is 2.83 bits per heavy atom. The van der Waals surface area contributed by atoms with E-state index < -0.39 is 5.69 Å². The summed E-state index contributed by atoms with van der Waals surface area (Å²) in [6.45, 7) is 5.53. The third-order valence-electron chi connectivity index (χ3n) is 4.18. The monoisotopic (exact) mass is 318 g/mol. The molecule has 23 heavy (non-hydrogen) atoms. The molecule has 0 saturated carbocycles. The standard InChI is InChI=1S/C16H22N4O3/c1-19-15(21)13-4-3-12(11-14(13)18-16(19)22)17-5-2-6-20-7-9-23-10-8-20/h3-4,11,17H,2,5-10H2,1H3,(H,18,22). The van der Waals surface area contributed by atoms with Gasteiger partial charge in [0.15, 0.2) is 0 Å². The number of anilines is 1. The van der Waals surface area contributed by atoms with Crippen molar-refractivity contribution in [3.63, 3.8) is 0 Å². The highest BCUT2D eigenvalue weighted by Gasteiger charge is 2.09. The van der Waals surface area contributed by atoms with Crippen LogP contribution in [-0.2, 0) is 11.8 Å². The number of ether oxygens (including phenoxy) is 1. The number of rotatable bonds is 5. The topological polar surface area (TPSA) is 79.4 Å². The minimum atomic E-state index is -0.396. The molecule has 1 aromatic carbocycles. The summed E-state index contributed by atoms with van der Waals surface area (Å²) in [6, 6.07) is 5.43. The minimum Gasteiger partial charge on any atom is -0.385 e. The Labute approximate surface area is 133 Å². The third-order valence-corrected chi connectivity index (χ3v) is 4.18. The minimum absolute atomic E-state index is 0.275. The first kappa shape index (κ1) is 15.8. The first-order valence-corrected chi connectivity index (χ1v) is 7.92. The van der Waals surface area contributed by atoms with Gasteiger partial charge in [0, 0.05) is 32.4 Å². The highest BCUT2D eigenvalue weighted by Crippen LogP contribution is 2.13. The van der Waals surface area contributed by atoms with Crippen molar-refractivity contribution in [3.8, 4) is 0 Å². The summed E-state index contributed by atoms with van der Waals surface area (Å²) in [5.41, 5.74) is 0.800. The number of morpholine rings is 1. The SMILES string of the molecule is Cn1c(=O)[nH]c2cc(NCCCN3CCOCC3)ccc2c1=O. The number of hydrogen-bond donors (Lipinski definition) is 2. The second-order valence-corrected chi connectivity index (χ2v) is 5.79. The van der Waals surface area contributed by atoms with E-state index in [9.17, 15) is 9.59 Å². The van der Waals surface area contributed by atoms with Crippen LogP contribution < -0.4 is 16.6 Å². The number of fused-ring (bicyclic) bond motifs is 1. The van der Waals surface area contributed by atoms with Crippen LogP contribution in [0.25, 0.3) is 10.9 Å². The molecule has 124 valence electrons. The average Bonchev–Trinajstić information content (AvgIpc) is 2.57. The number of H-pyrrole nitrogens is 1. The van der Waals surface area contributed by atoms with Gasteiger partial charge in [0.25, 0.3) is 5.56 Å². The molecule has 1 aromatic heterocycles. The van der Waals surface area contributed by atoms with E-state index in [1.807, 2.05) is 12.1 Å². The van der Waals surface area contributed by atoms with Crippen LogP contribution in [0.4, 0.5) is 5.69 Å². The van der Waals surface area contributed by atoms with E-state index in [4.69, 9.17) is 4.74 Å². The van der Waals surface area contributed by atoms with Gasteiger partial charge in [-0.15, -0.1) is 0 Å². The van der Waals surface area contributed by atoms with Crippen LogP contribution in [0.1, 0.15) is 6.42 Å². The van der Waals surface area contributed by atoms with E-state index in [0.29, 0.717) is 10.9 Å². The molecule has 2 N–H and O–H groups in total. The Kier molecular flexibility index (Phi) is 4.78. The molecule has 0 bridgehead atoms. The molecule has 7 heteroatoms. The van der Waals surface area contributed by atoms with Crippen LogP contribution in [0.15, 0.2) is 27.8 Å². The number of benzene rings is 1. The quantitative estimate of drug-likeness (QED) is 0.778. The van der Waals surface area contributed by atoms with Gasteiger partial charge in [-0.3, -0.25) is 14.3 Å². The molecule has 1 aliphatic heterocycles. The van der Waals surface area contributed by atoms with Crippen LogP contribution in [0.3, 0.4) is 0 Å². The lowest BCUT2D eigenvalue weighted by Gasteiger charge is -2.26. The Morgan fingerprint density at radius 1 is 1.26 bits per heavy atom. The Morgan fingerprint density at radius 2 is 2.04 bits per heavy atom. The normalized spacial score (nSPS) is 15.9. The Hall–Kier alpha value is -2.12. The van der Waals surface area contributed by atoms with Crippen molar-refractivity contribution in [2.45, 2.75) is 6.42 Å². The zero-order valence-corrected chi connectivity index (χ0v) is 13.3. The molecule has 2 aromatic rings. The molecule has 0 spiro atoms. The maximum Gasteiger partial charge on any atom is 0.328 e.